The first-order chi connectivity index (χ1) is 15.7. The predicted octanol–water partition coefficient (Wildman–Crippen LogP) is 4.47. The fraction of sp³-hybridized carbons (Fsp3) is 0.250. The molecule has 3 heterocycles. The Balaban J connectivity index is 1.75. The molecule has 2 aromatic carbocycles. The fourth-order valence-corrected chi connectivity index (χ4v) is 5.61. The van der Waals surface area contributed by atoms with Crippen LogP contribution in [0.3, 0.4) is 0 Å². The Labute approximate surface area is 192 Å². The average Bonchev–Trinajstić information content (AvgIpc) is 2.94. The van der Waals surface area contributed by atoms with E-state index < -0.39 is 24.7 Å². The molecule has 2 aliphatic rings. The Morgan fingerprint density at radius 2 is 1.70 bits per heavy atom. The monoisotopic (exact) mass is 471 g/mol. The number of benzene rings is 2. The third-order valence-corrected chi connectivity index (χ3v) is 7.16. The van der Waals surface area contributed by atoms with E-state index in [0.717, 1.165) is 32.2 Å². The van der Waals surface area contributed by atoms with Gasteiger partial charge >= 0.3 is 6.18 Å². The van der Waals surface area contributed by atoms with Gasteiger partial charge in [0.25, 0.3) is 5.91 Å². The SMILES string of the molecule is Cc1c2n(ccc1=O)N(C1c3ccccc3CSc3ccccc31)CN(CC(F)(F)F)C2=O. The van der Waals surface area contributed by atoms with Crippen molar-refractivity contribution < 1.29 is 18.0 Å². The van der Waals surface area contributed by atoms with Crippen molar-refractivity contribution in [2.24, 2.45) is 0 Å². The molecule has 170 valence electrons. The molecule has 1 aromatic heterocycles. The van der Waals surface area contributed by atoms with Crippen LogP contribution in [0.1, 0.15) is 38.8 Å². The van der Waals surface area contributed by atoms with E-state index in [1.165, 1.54) is 19.2 Å². The summed E-state index contributed by atoms with van der Waals surface area (Å²) in [6.07, 6.45) is -3.08. The molecule has 2 aliphatic heterocycles. The van der Waals surface area contributed by atoms with Crippen molar-refractivity contribution in [3.63, 3.8) is 0 Å². The molecule has 1 unspecified atom stereocenters. The highest BCUT2D eigenvalue weighted by Gasteiger charge is 2.41. The Morgan fingerprint density at radius 3 is 2.45 bits per heavy atom. The topological polar surface area (TPSA) is 45.6 Å². The van der Waals surface area contributed by atoms with Crippen LogP contribution < -0.4 is 10.4 Å². The molecule has 0 aliphatic carbocycles. The molecule has 0 N–H and O–H groups in total. The summed E-state index contributed by atoms with van der Waals surface area (Å²) in [6, 6.07) is 16.5. The van der Waals surface area contributed by atoms with Gasteiger partial charge in [0, 0.05) is 28.5 Å². The largest absolute Gasteiger partial charge is 0.406 e. The van der Waals surface area contributed by atoms with Crippen LogP contribution in [0, 0.1) is 6.92 Å². The van der Waals surface area contributed by atoms with Gasteiger partial charge < -0.3 is 4.90 Å². The first-order valence-electron chi connectivity index (χ1n) is 10.4. The van der Waals surface area contributed by atoms with E-state index in [2.05, 4.69) is 0 Å². The lowest BCUT2D eigenvalue weighted by molar-refractivity contribution is -0.141. The summed E-state index contributed by atoms with van der Waals surface area (Å²) in [5.41, 5.74) is 2.67. The van der Waals surface area contributed by atoms with Gasteiger partial charge in [-0.2, -0.15) is 13.2 Å². The number of rotatable bonds is 2. The molecule has 3 aromatic rings. The number of halogens is 3. The summed E-state index contributed by atoms with van der Waals surface area (Å²) in [4.78, 5) is 27.2. The van der Waals surface area contributed by atoms with Gasteiger partial charge in [-0.25, -0.2) is 0 Å². The van der Waals surface area contributed by atoms with E-state index >= 15 is 0 Å². The fourth-order valence-electron chi connectivity index (χ4n) is 4.51. The van der Waals surface area contributed by atoms with Gasteiger partial charge in [-0.05, 0) is 29.7 Å². The summed E-state index contributed by atoms with van der Waals surface area (Å²) in [5.74, 6) is -0.0815. The zero-order valence-electron chi connectivity index (χ0n) is 17.7. The lowest BCUT2D eigenvalue weighted by Gasteiger charge is -2.44. The lowest BCUT2D eigenvalue weighted by atomic mass is 9.94. The van der Waals surface area contributed by atoms with Crippen molar-refractivity contribution in [2.75, 3.05) is 18.2 Å². The summed E-state index contributed by atoms with van der Waals surface area (Å²) in [7, 11) is 0. The predicted molar refractivity (Wildman–Crippen MR) is 120 cm³/mol. The highest BCUT2D eigenvalue weighted by atomic mass is 32.2. The van der Waals surface area contributed by atoms with Crippen molar-refractivity contribution in [3.8, 4) is 0 Å². The van der Waals surface area contributed by atoms with E-state index in [9.17, 15) is 22.8 Å². The number of carbonyl (C=O) groups is 1. The minimum Gasteiger partial charge on any atom is -0.309 e. The number of nitrogens with zero attached hydrogens (tertiary/aromatic N) is 3. The quantitative estimate of drug-likeness (QED) is 0.554. The number of aromatic nitrogens is 1. The number of fused-ring (bicyclic) bond motifs is 3. The summed E-state index contributed by atoms with van der Waals surface area (Å²) in [6.45, 7) is -0.187. The van der Waals surface area contributed by atoms with E-state index in [1.807, 2.05) is 48.5 Å². The molecule has 0 fully saturated rings. The van der Waals surface area contributed by atoms with Gasteiger partial charge in [0.15, 0.2) is 5.43 Å². The van der Waals surface area contributed by atoms with Crippen molar-refractivity contribution in [1.29, 1.82) is 0 Å². The van der Waals surface area contributed by atoms with Crippen LogP contribution in [0.15, 0.2) is 70.5 Å². The number of thioether (sulfide) groups is 1. The first-order valence-corrected chi connectivity index (χ1v) is 11.4. The zero-order chi connectivity index (χ0) is 23.3. The van der Waals surface area contributed by atoms with Gasteiger partial charge in [-0.1, -0.05) is 42.5 Å². The number of alkyl halides is 3. The van der Waals surface area contributed by atoms with E-state index in [1.54, 1.807) is 21.4 Å². The highest BCUT2D eigenvalue weighted by Crippen LogP contribution is 2.42. The van der Waals surface area contributed by atoms with Crippen LogP contribution in [-0.2, 0) is 5.75 Å². The Morgan fingerprint density at radius 1 is 1.00 bits per heavy atom. The molecule has 0 radical (unpaired) electrons. The molecule has 5 rings (SSSR count). The molecular weight excluding hydrogens is 451 g/mol. The molecule has 0 saturated heterocycles. The maximum atomic E-state index is 13.4. The molecule has 9 heteroatoms. The average molecular weight is 472 g/mol. The maximum absolute atomic E-state index is 13.4. The maximum Gasteiger partial charge on any atom is 0.406 e. The third-order valence-electron chi connectivity index (χ3n) is 6.02. The normalized spacial score (nSPS) is 17.8. The minimum atomic E-state index is -4.57. The van der Waals surface area contributed by atoms with Crippen molar-refractivity contribution in [2.45, 2.75) is 29.8 Å². The van der Waals surface area contributed by atoms with E-state index in [-0.39, 0.29) is 23.4 Å². The summed E-state index contributed by atoms with van der Waals surface area (Å²) in [5, 5.41) is 1.75. The lowest BCUT2D eigenvalue weighted by Crippen LogP contribution is -2.57. The third kappa shape index (κ3) is 3.80. The molecule has 5 nitrogen and oxygen atoms in total. The molecular formula is C24H20F3N3O2S. The van der Waals surface area contributed by atoms with Crippen LogP contribution >= 0.6 is 11.8 Å². The second kappa shape index (κ2) is 7.98. The Hall–Kier alpha value is -3.20. The second-order valence-electron chi connectivity index (χ2n) is 8.13. The molecule has 1 amide bonds. The van der Waals surface area contributed by atoms with Gasteiger partial charge in [0.05, 0.1) is 6.04 Å². The number of pyridine rings is 1. The summed E-state index contributed by atoms with van der Waals surface area (Å²) >= 11 is 1.67. The molecule has 0 saturated carbocycles. The number of amides is 1. The Kier molecular flexibility index (Phi) is 5.23. The number of carbonyl (C=O) groups excluding carboxylic acids is 1. The van der Waals surface area contributed by atoms with Crippen LogP contribution in [0.25, 0.3) is 0 Å². The zero-order valence-corrected chi connectivity index (χ0v) is 18.5. The van der Waals surface area contributed by atoms with E-state index in [4.69, 9.17) is 0 Å². The molecule has 1 atom stereocenters. The highest BCUT2D eigenvalue weighted by molar-refractivity contribution is 7.98. The van der Waals surface area contributed by atoms with E-state index in [0.29, 0.717) is 0 Å². The molecule has 0 spiro atoms. The standard InChI is InChI=1S/C24H20F3N3O2S/c1-15-19(31)10-11-29-21(15)23(32)28(13-24(25,26)27)14-30(29)22-17-7-3-2-6-16(17)12-33-20-9-5-4-8-18(20)22/h2-11,22H,12-14H2,1H3. The van der Waals surface area contributed by atoms with Crippen LogP contribution in [0.5, 0.6) is 0 Å². The number of hydrogen-bond acceptors (Lipinski definition) is 4. The van der Waals surface area contributed by atoms with Crippen LogP contribution in [0.2, 0.25) is 0 Å². The molecule has 33 heavy (non-hydrogen) atoms. The second-order valence-corrected chi connectivity index (χ2v) is 9.14. The van der Waals surface area contributed by atoms with Gasteiger partial charge in [0.2, 0.25) is 0 Å². The Bertz CT molecular complexity index is 1260. The van der Waals surface area contributed by atoms with Gasteiger partial charge in [-0.3, -0.25) is 19.3 Å². The van der Waals surface area contributed by atoms with Crippen LogP contribution in [-0.4, -0.2) is 34.9 Å². The van der Waals surface area contributed by atoms with Crippen molar-refractivity contribution in [1.82, 2.24) is 9.58 Å². The van der Waals surface area contributed by atoms with Crippen molar-refractivity contribution in [3.05, 3.63) is 99.0 Å². The van der Waals surface area contributed by atoms with Crippen LogP contribution in [0.4, 0.5) is 13.2 Å². The summed E-state index contributed by atoms with van der Waals surface area (Å²) < 4.78 is 41.7. The van der Waals surface area contributed by atoms with Gasteiger partial charge in [-0.15, -0.1) is 11.8 Å². The first kappa shape index (κ1) is 21.6. The molecule has 0 bridgehead atoms. The van der Waals surface area contributed by atoms with Crippen molar-refractivity contribution >= 4 is 17.7 Å². The van der Waals surface area contributed by atoms with Gasteiger partial charge in [0.1, 0.15) is 18.9 Å². The number of hydrogen-bond donors (Lipinski definition) is 0. The minimum absolute atomic E-state index is 0.0372. The smallest absolute Gasteiger partial charge is 0.309 e.